The molecule has 0 fully saturated rings. The van der Waals surface area contributed by atoms with E-state index in [1.165, 1.54) is 62.9 Å². The van der Waals surface area contributed by atoms with Gasteiger partial charge in [-0.05, 0) is 30.5 Å². The standard InChI is InChI=1S/C20H31N/c1-4-7-10-17-21(18-11-8-5-2)20-15-13-19(14-16-20)12-9-6-3/h6,9,12-16H,3-5,7-8,10-11,17-18H2,1-2H3. The topological polar surface area (TPSA) is 3.24 Å². The number of benzene rings is 1. The molecule has 0 N–H and O–H groups in total. The minimum absolute atomic E-state index is 1.18. The summed E-state index contributed by atoms with van der Waals surface area (Å²) < 4.78 is 0. The first-order valence-electron chi connectivity index (χ1n) is 8.46. The molecule has 1 aromatic rings. The van der Waals surface area contributed by atoms with Crippen LogP contribution in [-0.2, 0) is 0 Å². The van der Waals surface area contributed by atoms with E-state index in [0.717, 1.165) is 0 Å². The van der Waals surface area contributed by atoms with Crippen molar-refractivity contribution in [1.82, 2.24) is 0 Å². The Bertz CT molecular complexity index is 392. The van der Waals surface area contributed by atoms with Crippen molar-refractivity contribution in [3.8, 4) is 0 Å². The highest BCUT2D eigenvalue weighted by atomic mass is 15.1. The smallest absolute Gasteiger partial charge is 0.0366 e. The lowest BCUT2D eigenvalue weighted by Gasteiger charge is -2.25. The second-order valence-electron chi connectivity index (χ2n) is 5.59. The van der Waals surface area contributed by atoms with E-state index < -0.39 is 0 Å². The number of hydrogen-bond acceptors (Lipinski definition) is 1. The molecule has 1 aromatic carbocycles. The van der Waals surface area contributed by atoms with E-state index in [9.17, 15) is 0 Å². The lowest BCUT2D eigenvalue weighted by Crippen LogP contribution is -2.25. The zero-order valence-corrected chi connectivity index (χ0v) is 13.9. The van der Waals surface area contributed by atoms with Crippen molar-refractivity contribution in [3.05, 3.63) is 48.6 Å². The van der Waals surface area contributed by atoms with Crippen LogP contribution in [0.2, 0.25) is 0 Å². The Kier molecular flexibility index (Phi) is 9.35. The Morgan fingerprint density at radius 1 is 0.905 bits per heavy atom. The summed E-state index contributed by atoms with van der Waals surface area (Å²) >= 11 is 0. The highest BCUT2D eigenvalue weighted by Crippen LogP contribution is 2.18. The Morgan fingerprint density at radius 2 is 1.48 bits per heavy atom. The van der Waals surface area contributed by atoms with Crippen molar-refractivity contribution in [2.75, 3.05) is 18.0 Å². The first kappa shape index (κ1) is 17.6. The van der Waals surface area contributed by atoms with Gasteiger partial charge in [0.05, 0.1) is 0 Å². The van der Waals surface area contributed by atoms with E-state index >= 15 is 0 Å². The van der Waals surface area contributed by atoms with Gasteiger partial charge in [0.1, 0.15) is 0 Å². The minimum Gasteiger partial charge on any atom is -0.372 e. The zero-order valence-electron chi connectivity index (χ0n) is 13.9. The van der Waals surface area contributed by atoms with Crippen molar-refractivity contribution in [2.24, 2.45) is 0 Å². The Hall–Kier alpha value is -1.50. The molecule has 116 valence electrons. The molecule has 0 aromatic heterocycles. The highest BCUT2D eigenvalue weighted by Gasteiger charge is 2.05. The van der Waals surface area contributed by atoms with Gasteiger partial charge in [0.25, 0.3) is 0 Å². The van der Waals surface area contributed by atoms with Crippen LogP contribution in [0.5, 0.6) is 0 Å². The van der Waals surface area contributed by atoms with Crippen LogP contribution in [0.15, 0.2) is 43.0 Å². The predicted molar refractivity (Wildman–Crippen MR) is 96.9 cm³/mol. The Balaban J connectivity index is 2.66. The molecule has 0 radical (unpaired) electrons. The molecule has 1 heteroatoms. The van der Waals surface area contributed by atoms with E-state index in [2.05, 4.69) is 55.7 Å². The lowest BCUT2D eigenvalue weighted by molar-refractivity contribution is 0.636. The van der Waals surface area contributed by atoms with Gasteiger partial charge in [0.15, 0.2) is 0 Å². The van der Waals surface area contributed by atoms with Gasteiger partial charge in [-0.1, -0.05) is 76.5 Å². The van der Waals surface area contributed by atoms with E-state index in [0.29, 0.717) is 0 Å². The maximum absolute atomic E-state index is 3.71. The predicted octanol–water partition coefficient (Wildman–Crippen LogP) is 6.07. The molecule has 0 bridgehead atoms. The second kappa shape index (κ2) is 11.2. The fraction of sp³-hybridized carbons (Fsp3) is 0.500. The summed E-state index contributed by atoms with van der Waals surface area (Å²) in [6.45, 7) is 10.6. The summed E-state index contributed by atoms with van der Waals surface area (Å²) in [6, 6.07) is 8.89. The molecule has 1 nitrogen and oxygen atoms in total. The van der Waals surface area contributed by atoms with Crippen molar-refractivity contribution in [3.63, 3.8) is 0 Å². The molecule has 1 rings (SSSR count). The molecule has 0 saturated carbocycles. The summed E-state index contributed by atoms with van der Waals surface area (Å²) in [4.78, 5) is 2.55. The summed E-state index contributed by atoms with van der Waals surface area (Å²) in [7, 11) is 0. The zero-order chi connectivity index (χ0) is 15.3. The van der Waals surface area contributed by atoms with Crippen LogP contribution in [-0.4, -0.2) is 13.1 Å². The fourth-order valence-corrected chi connectivity index (χ4v) is 2.45. The molecule has 0 aliphatic heterocycles. The van der Waals surface area contributed by atoms with E-state index in [4.69, 9.17) is 0 Å². The van der Waals surface area contributed by atoms with Crippen LogP contribution >= 0.6 is 0 Å². The van der Waals surface area contributed by atoms with Crippen LogP contribution in [0.4, 0.5) is 5.69 Å². The van der Waals surface area contributed by atoms with Crippen molar-refractivity contribution in [2.45, 2.75) is 52.4 Å². The van der Waals surface area contributed by atoms with Crippen LogP contribution < -0.4 is 4.90 Å². The number of anilines is 1. The third kappa shape index (κ3) is 7.17. The van der Waals surface area contributed by atoms with Gasteiger partial charge in [-0.2, -0.15) is 0 Å². The average Bonchev–Trinajstić information content (AvgIpc) is 2.52. The average molecular weight is 285 g/mol. The Morgan fingerprint density at radius 3 is 1.95 bits per heavy atom. The van der Waals surface area contributed by atoms with Gasteiger partial charge in [-0.3, -0.25) is 0 Å². The molecule has 0 aliphatic carbocycles. The maximum atomic E-state index is 3.71. The normalized spacial score (nSPS) is 11.0. The molecule has 0 spiro atoms. The second-order valence-corrected chi connectivity index (χ2v) is 5.59. The Labute approximate surface area is 131 Å². The molecule has 0 aliphatic rings. The first-order valence-corrected chi connectivity index (χ1v) is 8.46. The molecule has 0 amide bonds. The summed E-state index contributed by atoms with van der Waals surface area (Å²) in [6.07, 6.45) is 13.7. The first-order chi connectivity index (χ1) is 10.3. The minimum atomic E-state index is 1.18. The van der Waals surface area contributed by atoms with Gasteiger partial charge in [0, 0.05) is 18.8 Å². The number of unbranched alkanes of at least 4 members (excludes halogenated alkanes) is 4. The molecular weight excluding hydrogens is 254 g/mol. The number of rotatable bonds is 11. The van der Waals surface area contributed by atoms with Gasteiger partial charge in [0.2, 0.25) is 0 Å². The molecule has 0 atom stereocenters. The van der Waals surface area contributed by atoms with Gasteiger partial charge in [-0.15, -0.1) is 0 Å². The lowest BCUT2D eigenvalue weighted by atomic mass is 10.1. The van der Waals surface area contributed by atoms with Crippen LogP contribution in [0.3, 0.4) is 0 Å². The van der Waals surface area contributed by atoms with Crippen LogP contribution in [0.25, 0.3) is 6.08 Å². The van der Waals surface area contributed by atoms with Crippen molar-refractivity contribution < 1.29 is 0 Å². The highest BCUT2D eigenvalue weighted by molar-refractivity contribution is 5.56. The molecule has 0 heterocycles. The third-order valence-corrected chi connectivity index (χ3v) is 3.75. The third-order valence-electron chi connectivity index (χ3n) is 3.75. The fourth-order valence-electron chi connectivity index (χ4n) is 2.45. The van der Waals surface area contributed by atoms with Gasteiger partial charge in [-0.25, -0.2) is 0 Å². The van der Waals surface area contributed by atoms with Crippen molar-refractivity contribution in [1.29, 1.82) is 0 Å². The number of nitrogens with zero attached hydrogens (tertiary/aromatic N) is 1. The van der Waals surface area contributed by atoms with E-state index in [1.54, 1.807) is 0 Å². The summed E-state index contributed by atoms with van der Waals surface area (Å²) in [5.74, 6) is 0. The number of hydrogen-bond donors (Lipinski definition) is 0. The number of allylic oxidation sites excluding steroid dienone is 2. The molecule has 0 unspecified atom stereocenters. The van der Waals surface area contributed by atoms with Crippen LogP contribution in [0.1, 0.15) is 57.9 Å². The van der Waals surface area contributed by atoms with Gasteiger partial charge >= 0.3 is 0 Å². The maximum Gasteiger partial charge on any atom is 0.0366 e. The van der Waals surface area contributed by atoms with Crippen molar-refractivity contribution >= 4 is 11.8 Å². The monoisotopic (exact) mass is 285 g/mol. The van der Waals surface area contributed by atoms with Crippen LogP contribution in [0, 0.1) is 0 Å². The van der Waals surface area contributed by atoms with E-state index in [1.807, 2.05) is 12.2 Å². The molecule has 0 saturated heterocycles. The molecular formula is C20H31N. The summed E-state index contributed by atoms with van der Waals surface area (Å²) in [5.41, 5.74) is 2.60. The SMILES string of the molecule is C=CC=Cc1ccc(N(CCCCC)CCCCC)cc1. The summed E-state index contributed by atoms with van der Waals surface area (Å²) in [5, 5.41) is 0. The van der Waals surface area contributed by atoms with Gasteiger partial charge < -0.3 is 4.90 Å². The largest absolute Gasteiger partial charge is 0.372 e. The molecule has 21 heavy (non-hydrogen) atoms. The quantitative estimate of drug-likeness (QED) is 0.352. The van der Waals surface area contributed by atoms with E-state index in [-0.39, 0.29) is 0 Å².